The first-order valence-electron chi connectivity index (χ1n) is 7.99. The van der Waals surface area contributed by atoms with Gasteiger partial charge in [-0.05, 0) is 30.2 Å². The number of hydrogen-bond acceptors (Lipinski definition) is 6. The largest absolute Gasteiger partial charge is 0.378 e. The van der Waals surface area contributed by atoms with Gasteiger partial charge in [0, 0.05) is 24.9 Å². The molecule has 0 unspecified atom stereocenters. The van der Waals surface area contributed by atoms with Gasteiger partial charge in [0.1, 0.15) is 5.01 Å². The van der Waals surface area contributed by atoms with Crippen LogP contribution >= 0.6 is 11.3 Å². The number of benzene rings is 1. The summed E-state index contributed by atoms with van der Waals surface area (Å²) < 4.78 is 5.36. The molecule has 24 heavy (non-hydrogen) atoms. The van der Waals surface area contributed by atoms with E-state index in [1.54, 1.807) is 6.08 Å². The number of rotatable bonds is 5. The molecular weight excluding hydrogens is 324 g/mol. The minimum atomic E-state index is -0.203. The molecule has 6 nitrogen and oxygen atoms in total. The molecule has 0 atom stereocenters. The molecule has 1 amide bonds. The molecule has 1 saturated heterocycles. The Labute approximate surface area is 145 Å². The summed E-state index contributed by atoms with van der Waals surface area (Å²) in [5, 5.41) is 12.1. The van der Waals surface area contributed by atoms with Crippen LogP contribution < -0.4 is 10.2 Å². The Morgan fingerprint density at radius 3 is 2.71 bits per heavy atom. The predicted molar refractivity (Wildman–Crippen MR) is 96.4 cm³/mol. The van der Waals surface area contributed by atoms with Gasteiger partial charge in [-0.2, -0.15) is 0 Å². The summed E-state index contributed by atoms with van der Waals surface area (Å²) in [7, 11) is 0. The number of hydrogen-bond donors (Lipinski definition) is 1. The van der Waals surface area contributed by atoms with E-state index in [1.165, 1.54) is 23.1 Å². The minimum absolute atomic E-state index is 0.203. The molecule has 126 valence electrons. The second-order valence-electron chi connectivity index (χ2n) is 5.37. The monoisotopic (exact) mass is 344 g/mol. The van der Waals surface area contributed by atoms with Gasteiger partial charge in [0.05, 0.1) is 13.2 Å². The van der Waals surface area contributed by atoms with Gasteiger partial charge in [0.25, 0.3) is 0 Å². The van der Waals surface area contributed by atoms with Gasteiger partial charge in [-0.25, -0.2) is 0 Å². The van der Waals surface area contributed by atoms with E-state index in [2.05, 4.69) is 32.5 Å². The van der Waals surface area contributed by atoms with Crippen molar-refractivity contribution >= 4 is 34.1 Å². The standard InChI is InChI=1S/C17H20N4O2S/c1-2-16-19-20-17(24-16)18-15(22)8-5-13-3-6-14(7-4-13)21-9-11-23-12-10-21/h3-8H,2,9-12H2,1H3,(H,18,20,22)/b8-5-. The molecule has 7 heteroatoms. The van der Waals surface area contributed by atoms with Gasteiger partial charge in [-0.1, -0.05) is 30.4 Å². The third kappa shape index (κ3) is 4.39. The number of anilines is 2. The highest BCUT2D eigenvalue weighted by molar-refractivity contribution is 7.15. The second-order valence-corrected chi connectivity index (χ2v) is 6.43. The molecule has 1 aromatic carbocycles. The fraction of sp³-hybridized carbons (Fsp3) is 0.353. The Balaban J connectivity index is 1.56. The maximum absolute atomic E-state index is 11.9. The Kier molecular flexibility index (Phi) is 5.55. The van der Waals surface area contributed by atoms with Gasteiger partial charge >= 0.3 is 0 Å². The highest BCUT2D eigenvalue weighted by Gasteiger charge is 2.10. The van der Waals surface area contributed by atoms with Gasteiger partial charge in [0.15, 0.2) is 0 Å². The fourth-order valence-corrected chi connectivity index (χ4v) is 3.07. The van der Waals surface area contributed by atoms with Crippen molar-refractivity contribution in [2.75, 3.05) is 36.5 Å². The van der Waals surface area contributed by atoms with Crippen LogP contribution in [0.5, 0.6) is 0 Å². The first kappa shape index (κ1) is 16.6. The lowest BCUT2D eigenvalue weighted by molar-refractivity contribution is -0.111. The number of aromatic nitrogens is 2. The molecule has 0 saturated carbocycles. The van der Waals surface area contributed by atoms with Gasteiger partial charge in [-0.3, -0.25) is 10.1 Å². The Morgan fingerprint density at radius 1 is 1.29 bits per heavy atom. The molecule has 0 spiro atoms. The number of aryl methyl sites for hydroxylation is 1. The summed E-state index contributed by atoms with van der Waals surface area (Å²) in [4.78, 5) is 14.2. The molecule has 0 aliphatic carbocycles. The summed E-state index contributed by atoms with van der Waals surface area (Å²) >= 11 is 1.40. The van der Waals surface area contributed by atoms with Crippen molar-refractivity contribution in [1.82, 2.24) is 10.2 Å². The predicted octanol–water partition coefficient (Wildman–Crippen LogP) is 2.59. The molecule has 0 bridgehead atoms. The van der Waals surface area contributed by atoms with Crippen LogP contribution in [0.3, 0.4) is 0 Å². The van der Waals surface area contributed by atoms with Gasteiger partial charge in [0.2, 0.25) is 11.0 Å². The second kappa shape index (κ2) is 8.03. The average molecular weight is 344 g/mol. The van der Waals surface area contributed by atoms with Crippen LogP contribution in [0.2, 0.25) is 0 Å². The zero-order valence-corrected chi connectivity index (χ0v) is 14.4. The van der Waals surface area contributed by atoms with Crippen molar-refractivity contribution in [3.05, 3.63) is 40.9 Å². The zero-order valence-electron chi connectivity index (χ0n) is 13.6. The summed E-state index contributed by atoms with van der Waals surface area (Å²) in [5.74, 6) is -0.203. The lowest BCUT2D eigenvalue weighted by Crippen LogP contribution is -2.36. The SMILES string of the molecule is CCc1nnc(NC(=O)/C=C\c2ccc(N3CCOCC3)cc2)s1. The van der Waals surface area contributed by atoms with Crippen LogP contribution in [0.15, 0.2) is 30.3 Å². The van der Waals surface area contributed by atoms with Crippen molar-refractivity contribution in [3.8, 4) is 0 Å². The summed E-state index contributed by atoms with van der Waals surface area (Å²) in [6.07, 6.45) is 4.12. The maximum Gasteiger partial charge on any atom is 0.250 e. The van der Waals surface area contributed by atoms with Crippen LogP contribution in [-0.4, -0.2) is 42.4 Å². The van der Waals surface area contributed by atoms with Gasteiger partial charge < -0.3 is 9.64 Å². The molecule has 0 radical (unpaired) electrons. The number of nitrogens with zero attached hydrogens (tertiary/aromatic N) is 3. The Morgan fingerprint density at radius 2 is 2.04 bits per heavy atom. The zero-order chi connectivity index (χ0) is 16.8. The number of carbonyl (C=O) groups excluding carboxylic acids is 1. The quantitative estimate of drug-likeness (QED) is 0.845. The Hall–Kier alpha value is -2.25. The minimum Gasteiger partial charge on any atom is -0.378 e. The van der Waals surface area contributed by atoms with E-state index in [1.807, 2.05) is 19.1 Å². The highest BCUT2D eigenvalue weighted by atomic mass is 32.1. The van der Waals surface area contributed by atoms with E-state index in [-0.39, 0.29) is 5.91 Å². The van der Waals surface area contributed by atoms with E-state index in [9.17, 15) is 4.79 Å². The molecular formula is C17H20N4O2S. The van der Waals surface area contributed by atoms with E-state index in [4.69, 9.17) is 4.74 Å². The topological polar surface area (TPSA) is 67.4 Å². The molecule has 1 N–H and O–H groups in total. The fourth-order valence-electron chi connectivity index (χ4n) is 2.38. The number of nitrogens with one attached hydrogen (secondary N) is 1. The molecule has 2 heterocycles. The third-order valence-corrected chi connectivity index (χ3v) is 4.68. The Bertz CT molecular complexity index is 706. The van der Waals surface area contributed by atoms with Crippen LogP contribution in [0, 0.1) is 0 Å². The number of ether oxygens (including phenoxy) is 1. The van der Waals surface area contributed by atoms with Crippen molar-refractivity contribution in [1.29, 1.82) is 0 Å². The molecule has 1 aliphatic rings. The summed E-state index contributed by atoms with van der Waals surface area (Å²) in [5.41, 5.74) is 2.16. The highest BCUT2D eigenvalue weighted by Crippen LogP contribution is 2.18. The maximum atomic E-state index is 11.9. The number of amides is 1. The lowest BCUT2D eigenvalue weighted by Gasteiger charge is -2.28. The van der Waals surface area contributed by atoms with Crippen molar-refractivity contribution in [2.45, 2.75) is 13.3 Å². The van der Waals surface area contributed by atoms with E-state index < -0.39 is 0 Å². The molecule has 2 aromatic rings. The van der Waals surface area contributed by atoms with Crippen LogP contribution in [0.1, 0.15) is 17.5 Å². The van der Waals surface area contributed by atoms with Crippen molar-refractivity contribution in [2.24, 2.45) is 0 Å². The van der Waals surface area contributed by atoms with E-state index in [0.29, 0.717) is 5.13 Å². The third-order valence-electron chi connectivity index (χ3n) is 3.70. The number of carbonyl (C=O) groups is 1. The van der Waals surface area contributed by atoms with Crippen LogP contribution in [0.4, 0.5) is 10.8 Å². The molecule has 1 fully saturated rings. The molecule has 1 aromatic heterocycles. The summed E-state index contributed by atoms with van der Waals surface area (Å²) in [6.45, 7) is 5.38. The molecule has 3 rings (SSSR count). The van der Waals surface area contributed by atoms with Crippen molar-refractivity contribution in [3.63, 3.8) is 0 Å². The average Bonchev–Trinajstić information content (AvgIpc) is 3.09. The lowest BCUT2D eigenvalue weighted by atomic mass is 10.1. The van der Waals surface area contributed by atoms with Crippen LogP contribution in [-0.2, 0) is 16.0 Å². The van der Waals surface area contributed by atoms with Crippen LogP contribution in [0.25, 0.3) is 6.08 Å². The number of morpholine rings is 1. The first-order valence-corrected chi connectivity index (χ1v) is 8.80. The molecule has 1 aliphatic heterocycles. The normalized spacial score (nSPS) is 15.0. The van der Waals surface area contributed by atoms with E-state index in [0.717, 1.165) is 43.3 Å². The first-order chi connectivity index (χ1) is 11.7. The van der Waals surface area contributed by atoms with E-state index >= 15 is 0 Å². The summed E-state index contributed by atoms with van der Waals surface area (Å²) in [6, 6.07) is 8.16. The van der Waals surface area contributed by atoms with Gasteiger partial charge in [-0.15, -0.1) is 10.2 Å². The smallest absolute Gasteiger partial charge is 0.250 e. The van der Waals surface area contributed by atoms with Crippen molar-refractivity contribution < 1.29 is 9.53 Å².